The Morgan fingerprint density at radius 2 is 1.80 bits per heavy atom. The molecule has 0 radical (unpaired) electrons. The fraction of sp³-hybridized carbons (Fsp3) is 1.00. The van der Waals surface area contributed by atoms with Crippen molar-refractivity contribution in [2.45, 2.75) is 58.3 Å². The van der Waals surface area contributed by atoms with Gasteiger partial charge >= 0.3 is 0 Å². The first-order valence-electron chi connectivity index (χ1n) is 7.12. The lowest BCUT2D eigenvalue weighted by Crippen LogP contribution is -2.37. The van der Waals surface area contributed by atoms with Gasteiger partial charge in [-0.05, 0) is 50.1 Å². The largest absolute Gasteiger partial charge is 0.316 e. The van der Waals surface area contributed by atoms with Crippen LogP contribution in [0.2, 0.25) is 0 Å². The summed E-state index contributed by atoms with van der Waals surface area (Å²) in [5, 5.41) is 3.64. The van der Waals surface area contributed by atoms with E-state index in [0.29, 0.717) is 0 Å². The zero-order valence-electron chi connectivity index (χ0n) is 10.3. The van der Waals surface area contributed by atoms with Gasteiger partial charge in [0, 0.05) is 0 Å². The smallest absolute Gasteiger partial charge is 0.00178 e. The Labute approximate surface area is 95.0 Å². The third-order valence-corrected chi connectivity index (χ3v) is 4.56. The quantitative estimate of drug-likeness (QED) is 0.682. The Bertz CT molecular complexity index is 174. The molecule has 0 amide bonds. The molecule has 0 aromatic heterocycles. The second-order valence-corrected chi connectivity index (χ2v) is 5.60. The molecule has 2 atom stereocenters. The van der Waals surface area contributed by atoms with Gasteiger partial charge in [-0.1, -0.05) is 39.0 Å². The highest BCUT2D eigenvalue weighted by atomic mass is 14.9. The van der Waals surface area contributed by atoms with Gasteiger partial charge < -0.3 is 5.32 Å². The van der Waals surface area contributed by atoms with Crippen molar-refractivity contribution in [1.29, 1.82) is 0 Å². The van der Waals surface area contributed by atoms with E-state index in [1.165, 1.54) is 64.5 Å². The van der Waals surface area contributed by atoms with Gasteiger partial charge in [-0.15, -0.1) is 0 Å². The van der Waals surface area contributed by atoms with E-state index in [1.54, 1.807) is 0 Å². The van der Waals surface area contributed by atoms with Crippen LogP contribution in [-0.2, 0) is 0 Å². The monoisotopic (exact) mass is 209 g/mol. The fourth-order valence-corrected chi connectivity index (χ4v) is 3.44. The molecular weight excluding hydrogens is 182 g/mol. The van der Waals surface area contributed by atoms with Crippen LogP contribution in [0.1, 0.15) is 58.3 Å². The molecule has 15 heavy (non-hydrogen) atoms. The van der Waals surface area contributed by atoms with Gasteiger partial charge in [0.15, 0.2) is 0 Å². The fourth-order valence-electron chi connectivity index (χ4n) is 3.44. The third-order valence-electron chi connectivity index (χ3n) is 4.56. The Kier molecular flexibility index (Phi) is 4.49. The molecule has 0 bridgehead atoms. The maximum atomic E-state index is 3.64. The zero-order chi connectivity index (χ0) is 10.5. The number of nitrogens with one attached hydrogen (secondary N) is 1. The summed E-state index contributed by atoms with van der Waals surface area (Å²) in [6, 6.07) is 0. The van der Waals surface area contributed by atoms with Gasteiger partial charge in [0.05, 0.1) is 0 Å². The molecular formula is C14H27N. The van der Waals surface area contributed by atoms with Crippen molar-refractivity contribution in [3.8, 4) is 0 Å². The SMILES string of the molecule is CCCNCC1CCCCC1C1CCC1. The van der Waals surface area contributed by atoms with Crippen molar-refractivity contribution in [2.75, 3.05) is 13.1 Å². The van der Waals surface area contributed by atoms with Crippen molar-refractivity contribution in [2.24, 2.45) is 17.8 Å². The Balaban J connectivity index is 1.76. The lowest BCUT2D eigenvalue weighted by Gasteiger charge is -2.41. The molecule has 2 fully saturated rings. The first-order chi connectivity index (χ1) is 7.42. The zero-order valence-corrected chi connectivity index (χ0v) is 10.3. The second-order valence-electron chi connectivity index (χ2n) is 5.60. The van der Waals surface area contributed by atoms with Crippen LogP contribution in [0.25, 0.3) is 0 Å². The van der Waals surface area contributed by atoms with Crippen LogP contribution in [0.3, 0.4) is 0 Å². The van der Waals surface area contributed by atoms with Crippen LogP contribution in [-0.4, -0.2) is 13.1 Å². The molecule has 0 aromatic rings. The Morgan fingerprint density at radius 1 is 1.00 bits per heavy atom. The maximum Gasteiger partial charge on any atom is -0.00178 e. The molecule has 1 N–H and O–H groups in total. The molecule has 1 heteroatoms. The topological polar surface area (TPSA) is 12.0 Å². The number of rotatable bonds is 5. The average molecular weight is 209 g/mol. The van der Waals surface area contributed by atoms with Crippen molar-refractivity contribution in [1.82, 2.24) is 5.32 Å². The van der Waals surface area contributed by atoms with Gasteiger partial charge in [0.2, 0.25) is 0 Å². The minimum absolute atomic E-state index is 1.01. The Hall–Kier alpha value is -0.0400. The van der Waals surface area contributed by atoms with Crippen molar-refractivity contribution in [3.05, 3.63) is 0 Å². The minimum atomic E-state index is 1.01. The molecule has 2 aliphatic rings. The molecule has 0 spiro atoms. The molecule has 1 nitrogen and oxygen atoms in total. The third kappa shape index (κ3) is 2.96. The van der Waals surface area contributed by atoms with Gasteiger partial charge in [-0.3, -0.25) is 0 Å². The summed E-state index contributed by atoms with van der Waals surface area (Å²) >= 11 is 0. The van der Waals surface area contributed by atoms with E-state index in [9.17, 15) is 0 Å². The standard InChI is InChI=1S/C14H27N/c1-2-10-15-11-13-6-3-4-9-14(13)12-7-5-8-12/h12-15H,2-11H2,1H3. The highest BCUT2D eigenvalue weighted by Gasteiger charge is 2.34. The van der Waals surface area contributed by atoms with E-state index in [0.717, 1.165) is 17.8 Å². The van der Waals surface area contributed by atoms with E-state index < -0.39 is 0 Å². The minimum Gasteiger partial charge on any atom is -0.316 e. The predicted octanol–water partition coefficient (Wildman–Crippen LogP) is 3.59. The van der Waals surface area contributed by atoms with E-state index in [4.69, 9.17) is 0 Å². The molecule has 0 saturated heterocycles. The summed E-state index contributed by atoms with van der Waals surface area (Å²) in [5.74, 6) is 3.20. The lowest BCUT2D eigenvalue weighted by molar-refractivity contribution is 0.101. The maximum absolute atomic E-state index is 3.64. The molecule has 2 rings (SSSR count). The van der Waals surface area contributed by atoms with Gasteiger partial charge in [0.1, 0.15) is 0 Å². The number of hydrogen-bond acceptors (Lipinski definition) is 1. The average Bonchev–Trinajstić information content (AvgIpc) is 2.18. The van der Waals surface area contributed by atoms with E-state index in [-0.39, 0.29) is 0 Å². The van der Waals surface area contributed by atoms with Crippen LogP contribution in [0, 0.1) is 17.8 Å². The Morgan fingerprint density at radius 3 is 2.47 bits per heavy atom. The summed E-state index contributed by atoms with van der Waals surface area (Å²) in [4.78, 5) is 0. The molecule has 0 heterocycles. The van der Waals surface area contributed by atoms with Crippen molar-refractivity contribution < 1.29 is 0 Å². The van der Waals surface area contributed by atoms with E-state index >= 15 is 0 Å². The summed E-state index contributed by atoms with van der Waals surface area (Å²) in [6.45, 7) is 4.78. The van der Waals surface area contributed by atoms with Crippen molar-refractivity contribution >= 4 is 0 Å². The summed E-state index contributed by atoms with van der Waals surface area (Å²) < 4.78 is 0. The molecule has 2 unspecified atom stereocenters. The highest BCUT2D eigenvalue weighted by Crippen LogP contribution is 2.43. The highest BCUT2D eigenvalue weighted by molar-refractivity contribution is 4.86. The normalized spacial score (nSPS) is 32.6. The van der Waals surface area contributed by atoms with Crippen LogP contribution < -0.4 is 5.32 Å². The molecule has 0 aromatic carbocycles. The van der Waals surface area contributed by atoms with Crippen LogP contribution >= 0.6 is 0 Å². The first-order valence-corrected chi connectivity index (χ1v) is 7.12. The van der Waals surface area contributed by atoms with Gasteiger partial charge in [-0.25, -0.2) is 0 Å². The van der Waals surface area contributed by atoms with E-state index in [1.807, 2.05) is 0 Å². The van der Waals surface area contributed by atoms with Gasteiger partial charge in [0.25, 0.3) is 0 Å². The van der Waals surface area contributed by atoms with Crippen LogP contribution in [0.4, 0.5) is 0 Å². The van der Waals surface area contributed by atoms with Crippen LogP contribution in [0.15, 0.2) is 0 Å². The molecule has 0 aliphatic heterocycles. The molecule has 88 valence electrons. The first kappa shape index (κ1) is 11.4. The van der Waals surface area contributed by atoms with E-state index in [2.05, 4.69) is 12.2 Å². The lowest BCUT2D eigenvalue weighted by atomic mass is 9.65. The number of hydrogen-bond donors (Lipinski definition) is 1. The summed E-state index contributed by atoms with van der Waals surface area (Å²) in [7, 11) is 0. The predicted molar refractivity (Wildman–Crippen MR) is 65.9 cm³/mol. The molecule has 2 saturated carbocycles. The van der Waals surface area contributed by atoms with Gasteiger partial charge in [-0.2, -0.15) is 0 Å². The van der Waals surface area contributed by atoms with Crippen LogP contribution in [0.5, 0.6) is 0 Å². The second kappa shape index (κ2) is 5.89. The van der Waals surface area contributed by atoms with Crippen molar-refractivity contribution in [3.63, 3.8) is 0 Å². The summed E-state index contributed by atoms with van der Waals surface area (Å²) in [6.07, 6.45) is 11.9. The molecule has 2 aliphatic carbocycles. The summed E-state index contributed by atoms with van der Waals surface area (Å²) in [5.41, 5.74) is 0.